The number of anilines is 1. The van der Waals surface area contributed by atoms with Crippen LogP contribution in [0.3, 0.4) is 0 Å². The Labute approximate surface area is 157 Å². The minimum absolute atomic E-state index is 0.0832. The van der Waals surface area contributed by atoms with Crippen LogP contribution in [0.2, 0.25) is 0 Å². The van der Waals surface area contributed by atoms with Crippen LogP contribution < -0.4 is 5.32 Å². The molecule has 0 amide bonds. The highest BCUT2D eigenvalue weighted by molar-refractivity contribution is 6.03. The summed E-state index contributed by atoms with van der Waals surface area (Å²) in [6.45, 7) is 0. The second-order valence-electron chi connectivity index (χ2n) is 7.33. The molecule has 0 radical (unpaired) electrons. The number of rotatable bonds is 5. The molecule has 0 saturated heterocycles. The van der Waals surface area contributed by atoms with Crippen LogP contribution in [-0.2, 0) is 0 Å². The molecule has 0 aliphatic heterocycles. The minimum atomic E-state index is 0.0832. The van der Waals surface area contributed by atoms with Crippen molar-refractivity contribution < 1.29 is 0 Å². The highest BCUT2D eigenvalue weighted by Crippen LogP contribution is 2.33. The summed E-state index contributed by atoms with van der Waals surface area (Å²) >= 11 is 0. The Balaban J connectivity index is 2.62. The molecule has 0 aliphatic rings. The molecule has 26 heavy (non-hydrogen) atoms. The van der Waals surface area contributed by atoms with Crippen molar-refractivity contribution in [1.29, 1.82) is 0 Å². The molecule has 2 aromatic carbocycles. The highest BCUT2D eigenvalue weighted by atomic mass is 15.4. The minimum Gasteiger partial charge on any atom is -0.357 e. The predicted octanol–water partition coefficient (Wildman–Crippen LogP) is 2.77. The van der Waals surface area contributed by atoms with E-state index in [2.05, 4.69) is 79.7 Å². The van der Waals surface area contributed by atoms with Gasteiger partial charge in [-0.1, -0.05) is 24.3 Å². The Hall–Kier alpha value is -2.31. The van der Waals surface area contributed by atoms with Crippen molar-refractivity contribution in [3.05, 3.63) is 36.4 Å². The van der Waals surface area contributed by atoms with Gasteiger partial charge in [-0.15, -0.1) is 0 Å². The van der Waals surface area contributed by atoms with E-state index in [0.29, 0.717) is 0 Å². The summed E-state index contributed by atoms with van der Waals surface area (Å²) in [6.07, 6.45) is 0.0832. The fourth-order valence-electron chi connectivity index (χ4n) is 3.10. The Morgan fingerprint density at radius 1 is 0.808 bits per heavy atom. The van der Waals surface area contributed by atoms with Crippen molar-refractivity contribution in [2.24, 2.45) is 4.99 Å². The van der Waals surface area contributed by atoms with Gasteiger partial charge in [-0.25, -0.2) is 4.99 Å². The van der Waals surface area contributed by atoms with Crippen LogP contribution in [0.25, 0.3) is 10.8 Å². The highest BCUT2D eigenvalue weighted by Gasteiger charge is 2.16. The molecule has 1 N–H and O–H groups in total. The number of hydrogen-bond donors (Lipinski definition) is 1. The molecule has 142 valence electrons. The summed E-state index contributed by atoms with van der Waals surface area (Å²) in [5.41, 5.74) is 2.03. The first kappa shape index (κ1) is 20.0. The molecule has 6 heteroatoms. The number of nitrogens with zero attached hydrogens (tertiary/aromatic N) is 5. The quantitative estimate of drug-likeness (QED) is 0.507. The van der Waals surface area contributed by atoms with Crippen LogP contribution in [0, 0.1) is 0 Å². The summed E-state index contributed by atoms with van der Waals surface area (Å²) in [5.74, 6) is 0.907. The Kier molecular flexibility index (Phi) is 6.45. The molecule has 6 nitrogen and oxygen atoms in total. The fraction of sp³-hybridized carbons (Fsp3) is 0.450. The summed E-state index contributed by atoms with van der Waals surface area (Å²) in [5, 5.41) is 5.95. The van der Waals surface area contributed by atoms with Crippen molar-refractivity contribution >= 4 is 28.1 Å². The van der Waals surface area contributed by atoms with E-state index in [0.717, 1.165) is 22.7 Å². The smallest absolute Gasteiger partial charge is 0.200 e. The molecule has 0 unspecified atom stereocenters. The van der Waals surface area contributed by atoms with Crippen LogP contribution in [0.1, 0.15) is 0 Å². The number of guanidine groups is 1. The van der Waals surface area contributed by atoms with E-state index in [4.69, 9.17) is 4.99 Å². The average Bonchev–Trinajstić information content (AvgIpc) is 2.56. The Bertz CT molecular complexity index is 741. The van der Waals surface area contributed by atoms with Gasteiger partial charge >= 0.3 is 0 Å². The zero-order valence-electron chi connectivity index (χ0n) is 17.3. The third-order valence-corrected chi connectivity index (χ3v) is 4.17. The van der Waals surface area contributed by atoms with Crippen molar-refractivity contribution in [1.82, 2.24) is 19.6 Å². The fourth-order valence-corrected chi connectivity index (χ4v) is 3.10. The maximum absolute atomic E-state index is 4.94. The van der Waals surface area contributed by atoms with Gasteiger partial charge in [0.25, 0.3) is 0 Å². The summed E-state index contributed by atoms with van der Waals surface area (Å²) in [4.78, 5) is 13.3. The second kappa shape index (κ2) is 8.38. The van der Waals surface area contributed by atoms with Gasteiger partial charge in [-0.3, -0.25) is 9.80 Å². The molecule has 0 bridgehead atoms. The lowest BCUT2D eigenvalue weighted by molar-refractivity contribution is 0.156. The standard InChI is InChI=1S/C20H32N6/c1-23(2)19(24(3)4)21-16-13-9-11-15-12-10-14-17(18(15)16)22-20(25(5)6)26(7)8/h9-14,19,21H,1-8H3. The number of aliphatic imine (C=N–C) groups is 1. The van der Waals surface area contributed by atoms with E-state index in [1.54, 1.807) is 0 Å². The van der Waals surface area contributed by atoms with Crippen molar-refractivity contribution in [3.8, 4) is 0 Å². The van der Waals surface area contributed by atoms with Gasteiger partial charge in [-0.2, -0.15) is 0 Å². The third-order valence-electron chi connectivity index (χ3n) is 4.17. The van der Waals surface area contributed by atoms with Crippen molar-refractivity contribution in [3.63, 3.8) is 0 Å². The molecule has 0 fully saturated rings. The molecule has 2 aromatic rings. The molecular formula is C20H32N6. The number of fused-ring (bicyclic) bond motifs is 1. The third kappa shape index (κ3) is 4.45. The van der Waals surface area contributed by atoms with Gasteiger partial charge in [0, 0.05) is 39.3 Å². The molecule has 0 atom stereocenters. The zero-order valence-corrected chi connectivity index (χ0v) is 17.3. The van der Waals surface area contributed by atoms with Crippen LogP contribution in [0.4, 0.5) is 11.4 Å². The van der Waals surface area contributed by atoms with Crippen LogP contribution >= 0.6 is 0 Å². The number of benzene rings is 2. The van der Waals surface area contributed by atoms with E-state index in [1.165, 1.54) is 5.39 Å². The van der Waals surface area contributed by atoms with E-state index in [9.17, 15) is 0 Å². The molecule has 0 saturated carbocycles. The van der Waals surface area contributed by atoms with Crippen molar-refractivity contribution in [2.45, 2.75) is 6.29 Å². The summed E-state index contributed by atoms with van der Waals surface area (Å²) in [7, 11) is 16.3. The van der Waals surface area contributed by atoms with Crippen molar-refractivity contribution in [2.75, 3.05) is 61.7 Å². The molecule has 0 aromatic heterocycles. The first-order valence-corrected chi connectivity index (χ1v) is 8.77. The lowest BCUT2D eigenvalue weighted by Gasteiger charge is -2.32. The van der Waals surface area contributed by atoms with E-state index < -0.39 is 0 Å². The van der Waals surface area contributed by atoms with Gasteiger partial charge in [0.05, 0.1) is 5.69 Å². The maximum atomic E-state index is 4.94. The molecular weight excluding hydrogens is 324 g/mol. The number of hydrogen-bond acceptors (Lipinski definition) is 4. The van der Waals surface area contributed by atoms with Gasteiger partial charge in [0.2, 0.25) is 5.96 Å². The number of nitrogens with one attached hydrogen (secondary N) is 1. The van der Waals surface area contributed by atoms with Crippen LogP contribution in [0.15, 0.2) is 41.4 Å². The Morgan fingerprint density at radius 3 is 1.85 bits per heavy atom. The Morgan fingerprint density at radius 2 is 1.35 bits per heavy atom. The lowest BCUT2D eigenvalue weighted by Crippen LogP contribution is -2.46. The normalized spacial score (nSPS) is 11.3. The molecule has 2 rings (SSSR count). The SMILES string of the molecule is CN(C)C(=Nc1cccc2cccc(NC(N(C)C)N(C)C)c12)N(C)C. The van der Waals surface area contributed by atoms with Crippen LogP contribution in [0.5, 0.6) is 0 Å². The largest absolute Gasteiger partial charge is 0.357 e. The van der Waals surface area contributed by atoms with Gasteiger partial charge in [0.1, 0.15) is 6.29 Å². The van der Waals surface area contributed by atoms with Gasteiger partial charge in [-0.05, 0) is 45.7 Å². The molecule has 0 heterocycles. The topological polar surface area (TPSA) is 37.4 Å². The first-order chi connectivity index (χ1) is 12.2. The maximum Gasteiger partial charge on any atom is 0.200 e. The summed E-state index contributed by atoms with van der Waals surface area (Å²) in [6, 6.07) is 12.6. The van der Waals surface area contributed by atoms with E-state index in [1.807, 2.05) is 38.0 Å². The monoisotopic (exact) mass is 356 g/mol. The second-order valence-corrected chi connectivity index (χ2v) is 7.33. The van der Waals surface area contributed by atoms with Gasteiger partial charge < -0.3 is 15.1 Å². The molecule has 0 spiro atoms. The summed E-state index contributed by atoms with van der Waals surface area (Å²) < 4.78 is 0. The predicted molar refractivity (Wildman–Crippen MR) is 113 cm³/mol. The molecule has 0 aliphatic carbocycles. The van der Waals surface area contributed by atoms with E-state index in [-0.39, 0.29) is 6.29 Å². The average molecular weight is 357 g/mol. The first-order valence-electron chi connectivity index (χ1n) is 8.77. The van der Waals surface area contributed by atoms with Gasteiger partial charge in [0.15, 0.2) is 0 Å². The lowest BCUT2D eigenvalue weighted by atomic mass is 10.1. The van der Waals surface area contributed by atoms with Crippen LogP contribution in [-0.4, -0.2) is 88.2 Å². The zero-order chi connectivity index (χ0) is 19.4. The van der Waals surface area contributed by atoms with E-state index >= 15 is 0 Å².